The van der Waals surface area contributed by atoms with Crippen molar-refractivity contribution in [1.82, 2.24) is 4.90 Å². The molecule has 0 bridgehead atoms. The molecule has 3 amide bonds. The molecule has 1 aromatic carbocycles. The van der Waals surface area contributed by atoms with Crippen molar-refractivity contribution >= 4 is 41.2 Å². The molecule has 1 saturated carbocycles. The number of hydrogen-bond donors (Lipinski definition) is 0. The highest BCUT2D eigenvalue weighted by Gasteiger charge is 2.51. The summed E-state index contributed by atoms with van der Waals surface area (Å²) < 4.78 is 1.85. The van der Waals surface area contributed by atoms with Gasteiger partial charge in [-0.2, -0.15) is 14.3 Å². The summed E-state index contributed by atoms with van der Waals surface area (Å²) in [7, 11) is 0. The van der Waals surface area contributed by atoms with Gasteiger partial charge in [-0.25, -0.2) is 4.79 Å². The molecule has 4 rings (SSSR count). The number of aliphatic imine (C=N–C) groups is 1. The van der Waals surface area contributed by atoms with Gasteiger partial charge >= 0.3 is 11.9 Å². The van der Waals surface area contributed by atoms with Crippen LogP contribution in [0.1, 0.15) is 38.2 Å². The Bertz CT molecular complexity index is 793. The summed E-state index contributed by atoms with van der Waals surface area (Å²) in [5, 5.41) is 0.541. The third kappa shape index (κ3) is 2.14. The lowest BCUT2D eigenvalue weighted by atomic mass is 9.89. The van der Waals surface area contributed by atoms with E-state index in [1.165, 1.54) is 4.90 Å². The second kappa shape index (κ2) is 5.81. The van der Waals surface area contributed by atoms with Crippen molar-refractivity contribution in [3.8, 4) is 0 Å². The minimum Gasteiger partial charge on any atom is -0.257 e. The van der Waals surface area contributed by atoms with Crippen molar-refractivity contribution in [3.63, 3.8) is 0 Å². The average molecular weight is 345 g/mol. The zero-order valence-corrected chi connectivity index (χ0v) is 14.3. The zero-order valence-electron chi connectivity index (χ0n) is 13.5. The van der Waals surface area contributed by atoms with Gasteiger partial charge in [0.15, 0.2) is 5.92 Å². The van der Waals surface area contributed by atoms with E-state index in [9.17, 15) is 9.59 Å². The van der Waals surface area contributed by atoms with Crippen molar-refractivity contribution in [2.24, 2.45) is 10.9 Å². The molecule has 124 valence electrons. The molecule has 0 saturated heterocycles. The van der Waals surface area contributed by atoms with Gasteiger partial charge in [-0.3, -0.25) is 4.99 Å². The number of carbonyl (C=O) groups is 2. The molecule has 2 aliphatic heterocycles. The maximum absolute atomic E-state index is 13.0. The van der Waals surface area contributed by atoms with Gasteiger partial charge in [0.2, 0.25) is 0 Å². The Labute approximate surface area is 145 Å². The van der Waals surface area contributed by atoms with Crippen LogP contribution in [-0.4, -0.2) is 45.9 Å². The van der Waals surface area contributed by atoms with Gasteiger partial charge in [0.1, 0.15) is 11.8 Å². The SMILES string of the molecule is CCN1C(=O)C2C=Nc3c(Cl)cccc3C2=[N+](C2CCCC2)C1=O. The van der Waals surface area contributed by atoms with E-state index in [2.05, 4.69) is 4.99 Å². The molecule has 1 fully saturated rings. The Morgan fingerprint density at radius 2 is 2.04 bits per heavy atom. The topological polar surface area (TPSA) is 52.8 Å². The van der Waals surface area contributed by atoms with Crippen molar-refractivity contribution in [3.05, 3.63) is 28.8 Å². The van der Waals surface area contributed by atoms with Crippen LogP contribution < -0.4 is 0 Å². The fraction of sp³-hybridized carbons (Fsp3) is 0.444. The number of fused-ring (bicyclic) bond motifs is 3. The first-order chi connectivity index (χ1) is 11.6. The van der Waals surface area contributed by atoms with Gasteiger partial charge in [-0.15, -0.1) is 0 Å². The van der Waals surface area contributed by atoms with Crippen LogP contribution in [0.15, 0.2) is 23.2 Å². The summed E-state index contributed by atoms with van der Waals surface area (Å²) in [6.45, 7) is 2.21. The summed E-state index contributed by atoms with van der Waals surface area (Å²) in [6, 6.07) is 5.48. The van der Waals surface area contributed by atoms with Gasteiger partial charge < -0.3 is 0 Å². The third-order valence-electron chi connectivity index (χ3n) is 5.14. The van der Waals surface area contributed by atoms with Gasteiger partial charge in [-0.05, 0) is 44.7 Å². The number of carbonyl (C=O) groups excluding carboxylic acids is 2. The quantitative estimate of drug-likeness (QED) is 0.772. The number of benzene rings is 1. The number of urea groups is 1. The number of rotatable bonds is 2. The highest BCUT2D eigenvalue weighted by Crippen LogP contribution is 2.37. The second-order valence-electron chi connectivity index (χ2n) is 6.45. The number of halogens is 1. The lowest BCUT2D eigenvalue weighted by Gasteiger charge is -2.30. The number of amides is 3. The summed E-state index contributed by atoms with van der Waals surface area (Å²) in [4.78, 5) is 31.6. The maximum Gasteiger partial charge on any atom is 0.501 e. The molecule has 1 atom stereocenters. The lowest BCUT2D eigenvalue weighted by molar-refractivity contribution is -0.480. The lowest BCUT2D eigenvalue weighted by Crippen LogP contribution is -2.57. The summed E-state index contributed by atoms with van der Waals surface area (Å²) in [5.74, 6) is -0.699. The van der Waals surface area contributed by atoms with Crippen LogP contribution in [-0.2, 0) is 4.79 Å². The van der Waals surface area contributed by atoms with Crippen LogP contribution in [0.4, 0.5) is 10.5 Å². The molecule has 24 heavy (non-hydrogen) atoms. The minimum absolute atomic E-state index is 0.149. The molecule has 0 spiro atoms. The Morgan fingerprint density at radius 3 is 2.75 bits per heavy atom. The zero-order chi connectivity index (χ0) is 16.8. The van der Waals surface area contributed by atoms with Crippen molar-refractivity contribution in [1.29, 1.82) is 0 Å². The van der Waals surface area contributed by atoms with Gasteiger partial charge in [0, 0.05) is 11.8 Å². The van der Waals surface area contributed by atoms with Gasteiger partial charge in [0.05, 0.1) is 17.3 Å². The number of nitrogens with zero attached hydrogens (tertiary/aromatic N) is 3. The summed E-state index contributed by atoms with van der Waals surface area (Å²) in [5.41, 5.74) is 2.22. The largest absolute Gasteiger partial charge is 0.501 e. The molecule has 6 heteroatoms. The first kappa shape index (κ1) is 15.5. The van der Waals surface area contributed by atoms with Crippen LogP contribution in [0.5, 0.6) is 0 Å². The predicted molar refractivity (Wildman–Crippen MR) is 92.5 cm³/mol. The standard InChI is InChI=1S/C18H19ClN3O2/c1-2-21-17(23)13-10-20-15-12(8-5-9-14(15)19)16(13)22(18(21)24)11-6-3-4-7-11/h5,8-11,13H,2-4,6-7H2,1H3/q+1. The molecular formula is C18H19ClN3O2+. The molecule has 0 aromatic heterocycles. The van der Waals surface area contributed by atoms with Crippen molar-refractivity contribution in [2.45, 2.75) is 38.6 Å². The van der Waals surface area contributed by atoms with E-state index in [1.54, 1.807) is 12.3 Å². The smallest absolute Gasteiger partial charge is 0.257 e. The van der Waals surface area contributed by atoms with E-state index in [4.69, 9.17) is 11.6 Å². The van der Waals surface area contributed by atoms with E-state index in [0.29, 0.717) is 17.3 Å². The van der Waals surface area contributed by atoms with Gasteiger partial charge in [0.25, 0.3) is 0 Å². The number of imide groups is 1. The first-order valence-corrected chi connectivity index (χ1v) is 8.85. The minimum atomic E-state index is -0.505. The molecule has 1 unspecified atom stereocenters. The Kier molecular flexibility index (Phi) is 3.76. The fourth-order valence-corrected chi connectivity index (χ4v) is 4.23. The van der Waals surface area contributed by atoms with E-state index in [0.717, 1.165) is 37.0 Å². The van der Waals surface area contributed by atoms with E-state index in [1.807, 2.05) is 23.6 Å². The number of hydrogen-bond acceptors (Lipinski definition) is 3. The third-order valence-corrected chi connectivity index (χ3v) is 5.45. The predicted octanol–water partition coefficient (Wildman–Crippen LogP) is 3.40. The second-order valence-corrected chi connectivity index (χ2v) is 6.86. The highest BCUT2D eigenvalue weighted by atomic mass is 35.5. The summed E-state index contributed by atoms with van der Waals surface area (Å²) in [6.07, 6.45) is 5.82. The highest BCUT2D eigenvalue weighted by molar-refractivity contribution is 6.36. The van der Waals surface area contributed by atoms with Crippen LogP contribution >= 0.6 is 11.6 Å². The fourth-order valence-electron chi connectivity index (χ4n) is 4.00. The van der Waals surface area contributed by atoms with E-state index >= 15 is 0 Å². The van der Waals surface area contributed by atoms with E-state index < -0.39 is 5.92 Å². The van der Waals surface area contributed by atoms with Crippen LogP contribution in [0.2, 0.25) is 5.02 Å². The molecule has 0 N–H and O–H groups in total. The van der Waals surface area contributed by atoms with Crippen LogP contribution in [0.25, 0.3) is 0 Å². The molecule has 0 radical (unpaired) electrons. The molecule has 3 aliphatic rings. The molecular weight excluding hydrogens is 326 g/mol. The van der Waals surface area contributed by atoms with Crippen molar-refractivity contribution in [2.75, 3.05) is 6.54 Å². The molecule has 1 aromatic rings. The van der Waals surface area contributed by atoms with Crippen molar-refractivity contribution < 1.29 is 14.2 Å². The molecule has 5 nitrogen and oxygen atoms in total. The van der Waals surface area contributed by atoms with E-state index in [-0.39, 0.29) is 18.0 Å². The van der Waals surface area contributed by atoms with Gasteiger partial charge in [-0.1, -0.05) is 17.7 Å². The monoisotopic (exact) mass is 344 g/mol. The van der Waals surface area contributed by atoms with Crippen LogP contribution in [0.3, 0.4) is 0 Å². The normalized spacial score (nSPS) is 23.8. The van der Waals surface area contributed by atoms with Crippen LogP contribution in [0, 0.1) is 5.92 Å². The number of para-hydroxylation sites is 1. The first-order valence-electron chi connectivity index (χ1n) is 8.48. The maximum atomic E-state index is 13.0. The molecule has 2 heterocycles. The Balaban J connectivity index is 1.99. The Morgan fingerprint density at radius 1 is 1.29 bits per heavy atom. The molecule has 1 aliphatic carbocycles. The summed E-state index contributed by atoms with van der Waals surface area (Å²) >= 11 is 6.28. The average Bonchev–Trinajstić information content (AvgIpc) is 3.10. The Hall–Kier alpha value is -2.01.